The Morgan fingerprint density at radius 2 is 1.97 bits per heavy atom. The third kappa shape index (κ3) is 3.00. The Labute approximate surface area is 176 Å². The van der Waals surface area contributed by atoms with E-state index in [1.165, 1.54) is 6.33 Å². The highest BCUT2D eigenvalue weighted by atomic mass is 35.5. The Morgan fingerprint density at radius 3 is 2.80 bits per heavy atom. The van der Waals surface area contributed by atoms with E-state index in [2.05, 4.69) is 15.1 Å². The summed E-state index contributed by atoms with van der Waals surface area (Å²) < 4.78 is 8.64. The highest BCUT2D eigenvalue weighted by molar-refractivity contribution is 6.30. The van der Waals surface area contributed by atoms with Crippen molar-refractivity contribution in [1.29, 1.82) is 0 Å². The van der Waals surface area contributed by atoms with Crippen molar-refractivity contribution in [3.63, 3.8) is 0 Å². The molecule has 2 aromatic carbocycles. The largest absolute Gasteiger partial charge is 0.496 e. The van der Waals surface area contributed by atoms with Gasteiger partial charge in [-0.25, -0.2) is 4.98 Å². The fraction of sp³-hybridized carbons (Fsp3) is 0.0909. The molecule has 8 heteroatoms. The van der Waals surface area contributed by atoms with Crippen LogP contribution < -0.4 is 10.3 Å². The number of pyridine rings is 1. The minimum atomic E-state index is -0.182. The topological polar surface area (TPSA) is 74.3 Å². The molecular weight excluding hydrogens is 402 g/mol. The van der Waals surface area contributed by atoms with Gasteiger partial charge in [-0.2, -0.15) is 14.6 Å². The van der Waals surface area contributed by atoms with Gasteiger partial charge in [0.15, 0.2) is 0 Å². The molecule has 0 radical (unpaired) electrons. The SMILES string of the molecule is COc1ccccc1Cn1ccc2nc3ncnn3c(-c3cccc(Cl)c3)c2c1=O. The molecule has 0 amide bonds. The number of hydrogen-bond donors (Lipinski definition) is 0. The van der Waals surface area contributed by atoms with Crippen molar-refractivity contribution in [3.8, 4) is 17.0 Å². The number of halogens is 1. The summed E-state index contributed by atoms with van der Waals surface area (Å²) in [5.74, 6) is 1.14. The van der Waals surface area contributed by atoms with Gasteiger partial charge in [0.25, 0.3) is 11.3 Å². The van der Waals surface area contributed by atoms with E-state index in [0.29, 0.717) is 33.9 Å². The molecule has 3 heterocycles. The van der Waals surface area contributed by atoms with Gasteiger partial charge in [0.2, 0.25) is 0 Å². The van der Waals surface area contributed by atoms with Crippen LogP contribution in [0.2, 0.25) is 5.02 Å². The van der Waals surface area contributed by atoms with E-state index in [0.717, 1.165) is 16.9 Å². The summed E-state index contributed by atoms with van der Waals surface area (Å²) >= 11 is 6.22. The first-order chi connectivity index (χ1) is 14.7. The van der Waals surface area contributed by atoms with E-state index in [9.17, 15) is 4.79 Å². The van der Waals surface area contributed by atoms with Crippen molar-refractivity contribution < 1.29 is 4.74 Å². The van der Waals surface area contributed by atoms with Gasteiger partial charge >= 0.3 is 0 Å². The molecule has 0 N–H and O–H groups in total. The van der Waals surface area contributed by atoms with E-state index >= 15 is 0 Å². The van der Waals surface area contributed by atoms with E-state index in [-0.39, 0.29) is 5.56 Å². The van der Waals surface area contributed by atoms with Gasteiger partial charge in [-0.15, -0.1) is 0 Å². The van der Waals surface area contributed by atoms with Gasteiger partial charge in [0, 0.05) is 22.3 Å². The lowest BCUT2D eigenvalue weighted by molar-refractivity contribution is 0.408. The lowest BCUT2D eigenvalue weighted by atomic mass is 10.1. The summed E-state index contributed by atoms with van der Waals surface area (Å²) in [4.78, 5) is 22.3. The second-order valence-electron chi connectivity index (χ2n) is 6.76. The average molecular weight is 418 g/mol. The van der Waals surface area contributed by atoms with E-state index in [1.54, 1.807) is 34.5 Å². The standard InChI is InChI=1S/C22H16ClN5O2/c1-30-18-8-3-2-5-15(18)12-27-10-9-17-19(21(27)29)20(14-6-4-7-16(23)11-14)28-22(26-17)24-13-25-28/h2-11,13H,12H2,1H3. The molecule has 0 fully saturated rings. The van der Waals surface area contributed by atoms with Crippen LogP contribution in [0.3, 0.4) is 0 Å². The molecule has 0 bridgehead atoms. The maximum absolute atomic E-state index is 13.6. The van der Waals surface area contributed by atoms with Crippen LogP contribution in [0.5, 0.6) is 5.75 Å². The molecule has 0 aliphatic rings. The van der Waals surface area contributed by atoms with Crippen molar-refractivity contribution in [2.45, 2.75) is 6.54 Å². The first kappa shape index (κ1) is 18.3. The zero-order valence-electron chi connectivity index (χ0n) is 16.0. The van der Waals surface area contributed by atoms with Crippen LogP contribution in [0.25, 0.3) is 27.9 Å². The summed E-state index contributed by atoms with van der Waals surface area (Å²) in [5, 5.41) is 5.31. The summed E-state index contributed by atoms with van der Waals surface area (Å²) in [6.45, 7) is 0.364. The summed E-state index contributed by atoms with van der Waals surface area (Å²) in [6.07, 6.45) is 3.15. The number of hydrogen-bond acceptors (Lipinski definition) is 5. The second kappa shape index (κ2) is 7.27. The van der Waals surface area contributed by atoms with Crippen molar-refractivity contribution in [3.05, 3.63) is 88.1 Å². The minimum Gasteiger partial charge on any atom is -0.496 e. The van der Waals surface area contributed by atoms with Crippen LogP contribution in [-0.4, -0.2) is 31.3 Å². The zero-order valence-corrected chi connectivity index (χ0v) is 16.7. The van der Waals surface area contributed by atoms with E-state index < -0.39 is 0 Å². The third-order valence-corrected chi connectivity index (χ3v) is 5.21. The molecule has 0 atom stereocenters. The number of methoxy groups -OCH3 is 1. The summed E-state index contributed by atoms with van der Waals surface area (Å²) in [5.41, 5.74) is 2.64. The van der Waals surface area contributed by atoms with Crippen LogP contribution in [0.4, 0.5) is 0 Å². The molecular formula is C22H16ClN5O2. The molecule has 0 unspecified atom stereocenters. The molecule has 0 saturated carbocycles. The minimum absolute atomic E-state index is 0.182. The van der Waals surface area contributed by atoms with Gasteiger partial charge in [0.05, 0.1) is 30.3 Å². The van der Waals surface area contributed by atoms with Crippen LogP contribution in [0, 0.1) is 0 Å². The molecule has 148 valence electrons. The Kier molecular flexibility index (Phi) is 4.44. The maximum atomic E-state index is 13.6. The van der Waals surface area contributed by atoms with Crippen LogP contribution in [-0.2, 0) is 6.54 Å². The van der Waals surface area contributed by atoms with Crippen molar-refractivity contribution in [2.75, 3.05) is 7.11 Å². The van der Waals surface area contributed by atoms with Gasteiger partial charge in [-0.05, 0) is 24.3 Å². The quantitative estimate of drug-likeness (QED) is 0.444. The van der Waals surface area contributed by atoms with Crippen LogP contribution in [0.1, 0.15) is 5.56 Å². The Hall–Kier alpha value is -3.71. The van der Waals surface area contributed by atoms with Crippen molar-refractivity contribution in [2.24, 2.45) is 0 Å². The number of para-hydroxylation sites is 1. The lowest BCUT2D eigenvalue weighted by Crippen LogP contribution is -2.22. The number of rotatable bonds is 4. The van der Waals surface area contributed by atoms with Gasteiger partial charge in [0.1, 0.15) is 12.1 Å². The number of benzene rings is 2. The smallest absolute Gasteiger partial charge is 0.262 e. The number of fused-ring (bicyclic) bond motifs is 2. The molecule has 0 aliphatic carbocycles. The molecule has 30 heavy (non-hydrogen) atoms. The Bertz CT molecular complexity index is 1460. The number of ether oxygens (including phenoxy) is 1. The van der Waals surface area contributed by atoms with Crippen LogP contribution in [0.15, 0.2) is 71.9 Å². The lowest BCUT2D eigenvalue weighted by Gasteiger charge is -2.13. The van der Waals surface area contributed by atoms with Gasteiger partial charge in [-0.1, -0.05) is 41.9 Å². The number of aromatic nitrogens is 5. The monoisotopic (exact) mass is 417 g/mol. The van der Waals surface area contributed by atoms with E-state index in [1.807, 2.05) is 42.5 Å². The Balaban J connectivity index is 1.79. The highest BCUT2D eigenvalue weighted by Crippen LogP contribution is 2.28. The average Bonchev–Trinajstić information content (AvgIpc) is 3.23. The van der Waals surface area contributed by atoms with E-state index in [4.69, 9.17) is 16.3 Å². The first-order valence-electron chi connectivity index (χ1n) is 9.26. The fourth-order valence-corrected chi connectivity index (χ4v) is 3.80. The van der Waals surface area contributed by atoms with Gasteiger partial charge < -0.3 is 9.30 Å². The molecule has 5 aromatic rings. The maximum Gasteiger partial charge on any atom is 0.262 e. The molecule has 0 spiro atoms. The number of nitrogens with zero attached hydrogens (tertiary/aromatic N) is 5. The molecule has 3 aromatic heterocycles. The predicted molar refractivity (Wildman–Crippen MR) is 115 cm³/mol. The summed E-state index contributed by atoms with van der Waals surface area (Å²) in [6, 6.07) is 16.7. The van der Waals surface area contributed by atoms with Crippen molar-refractivity contribution >= 4 is 28.3 Å². The normalized spacial score (nSPS) is 11.3. The summed E-state index contributed by atoms with van der Waals surface area (Å²) in [7, 11) is 1.62. The van der Waals surface area contributed by atoms with Gasteiger partial charge in [-0.3, -0.25) is 4.79 Å². The zero-order chi connectivity index (χ0) is 20.7. The third-order valence-electron chi connectivity index (χ3n) is 4.97. The van der Waals surface area contributed by atoms with Crippen LogP contribution >= 0.6 is 11.6 Å². The highest BCUT2D eigenvalue weighted by Gasteiger charge is 2.18. The Morgan fingerprint density at radius 1 is 1.10 bits per heavy atom. The fourth-order valence-electron chi connectivity index (χ4n) is 3.61. The predicted octanol–water partition coefficient (Wildman–Crippen LogP) is 3.82. The molecule has 5 rings (SSSR count). The second-order valence-corrected chi connectivity index (χ2v) is 7.20. The molecule has 0 saturated heterocycles. The van der Waals surface area contributed by atoms with Crippen molar-refractivity contribution in [1.82, 2.24) is 24.1 Å². The first-order valence-corrected chi connectivity index (χ1v) is 9.64. The molecule has 0 aliphatic heterocycles. The molecule has 7 nitrogen and oxygen atoms in total.